The number of nitrogens with zero attached hydrogens (tertiary/aromatic N) is 1. The molecule has 3 N–H and O–H groups in total. The molecule has 4 nitrogen and oxygen atoms in total. The average Bonchev–Trinajstić information content (AvgIpc) is 2.19. The Morgan fingerprint density at radius 1 is 1.43 bits per heavy atom. The van der Waals surface area contributed by atoms with E-state index in [9.17, 15) is 0 Å². The zero-order valence-electron chi connectivity index (χ0n) is 8.82. The fraction of sp³-hybridized carbons (Fsp3) is 0.500. The summed E-state index contributed by atoms with van der Waals surface area (Å²) >= 11 is 0. The second-order valence-corrected chi connectivity index (χ2v) is 3.55. The Morgan fingerprint density at radius 2 is 2.14 bits per heavy atom. The van der Waals surface area contributed by atoms with Crippen LogP contribution in [0.1, 0.15) is 25.5 Å². The standard InChI is InChI=1S/C10H17N3O/c1-7(2)10(13-11)8-4-9(14-3)6-12-5-8/h4-7,10,13H,11H2,1-3H3. The van der Waals surface area contributed by atoms with E-state index in [0.29, 0.717) is 5.92 Å². The van der Waals surface area contributed by atoms with Gasteiger partial charge in [0.25, 0.3) is 0 Å². The van der Waals surface area contributed by atoms with Gasteiger partial charge in [-0.15, -0.1) is 0 Å². The molecule has 0 bridgehead atoms. The van der Waals surface area contributed by atoms with Crippen LogP contribution in [0.3, 0.4) is 0 Å². The zero-order valence-corrected chi connectivity index (χ0v) is 8.82. The molecule has 1 heterocycles. The first-order valence-electron chi connectivity index (χ1n) is 4.64. The van der Waals surface area contributed by atoms with Crippen LogP contribution in [0.4, 0.5) is 0 Å². The molecule has 0 aliphatic carbocycles. The number of nitrogens with two attached hydrogens (primary N) is 1. The molecule has 0 saturated heterocycles. The third kappa shape index (κ3) is 2.43. The summed E-state index contributed by atoms with van der Waals surface area (Å²) in [4.78, 5) is 4.09. The minimum absolute atomic E-state index is 0.109. The summed E-state index contributed by atoms with van der Waals surface area (Å²) in [6, 6.07) is 2.05. The number of hydrazine groups is 1. The maximum atomic E-state index is 5.48. The van der Waals surface area contributed by atoms with E-state index in [1.807, 2.05) is 6.07 Å². The molecule has 0 aliphatic heterocycles. The molecule has 1 rings (SSSR count). The van der Waals surface area contributed by atoms with Gasteiger partial charge in [-0.1, -0.05) is 13.8 Å². The molecular weight excluding hydrogens is 178 g/mol. The quantitative estimate of drug-likeness (QED) is 0.560. The average molecular weight is 195 g/mol. The minimum Gasteiger partial charge on any atom is -0.495 e. The maximum absolute atomic E-state index is 5.48. The van der Waals surface area contributed by atoms with Crippen molar-refractivity contribution < 1.29 is 4.74 Å². The van der Waals surface area contributed by atoms with Crippen molar-refractivity contribution >= 4 is 0 Å². The first-order valence-corrected chi connectivity index (χ1v) is 4.64. The van der Waals surface area contributed by atoms with Gasteiger partial charge in [-0.3, -0.25) is 16.3 Å². The van der Waals surface area contributed by atoms with E-state index >= 15 is 0 Å². The van der Waals surface area contributed by atoms with Crippen LogP contribution in [-0.4, -0.2) is 12.1 Å². The van der Waals surface area contributed by atoms with Gasteiger partial charge in [-0.2, -0.15) is 0 Å². The van der Waals surface area contributed by atoms with Crippen molar-refractivity contribution in [3.63, 3.8) is 0 Å². The van der Waals surface area contributed by atoms with Crippen molar-refractivity contribution in [3.8, 4) is 5.75 Å². The maximum Gasteiger partial charge on any atom is 0.137 e. The molecule has 0 spiro atoms. The van der Waals surface area contributed by atoms with Gasteiger partial charge in [-0.05, 0) is 17.5 Å². The predicted octanol–water partition coefficient (Wildman–Crippen LogP) is 1.25. The Morgan fingerprint density at radius 3 is 2.64 bits per heavy atom. The summed E-state index contributed by atoms with van der Waals surface area (Å²) < 4.78 is 5.10. The van der Waals surface area contributed by atoms with E-state index in [-0.39, 0.29) is 6.04 Å². The Hall–Kier alpha value is -1.13. The number of rotatable bonds is 4. The Kier molecular flexibility index (Phi) is 3.85. The van der Waals surface area contributed by atoms with Gasteiger partial charge in [0.1, 0.15) is 5.75 Å². The van der Waals surface area contributed by atoms with Gasteiger partial charge >= 0.3 is 0 Å². The number of ether oxygens (including phenoxy) is 1. The van der Waals surface area contributed by atoms with Gasteiger partial charge < -0.3 is 4.74 Å². The van der Waals surface area contributed by atoms with Crippen LogP contribution in [-0.2, 0) is 0 Å². The van der Waals surface area contributed by atoms with E-state index in [1.54, 1.807) is 19.5 Å². The van der Waals surface area contributed by atoms with Crippen molar-refractivity contribution in [1.82, 2.24) is 10.4 Å². The lowest BCUT2D eigenvalue weighted by atomic mass is 9.98. The second-order valence-electron chi connectivity index (χ2n) is 3.55. The molecule has 0 aliphatic rings. The zero-order chi connectivity index (χ0) is 10.6. The van der Waals surface area contributed by atoms with Crippen LogP contribution in [0, 0.1) is 5.92 Å². The molecule has 14 heavy (non-hydrogen) atoms. The van der Waals surface area contributed by atoms with Gasteiger partial charge in [0.15, 0.2) is 0 Å². The minimum atomic E-state index is 0.109. The van der Waals surface area contributed by atoms with Crippen LogP contribution >= 0.6 is 0 Å². The predicted molar refractivity (Wildman–Crippen MR) is 55.7 cm³/mol. The third-order valence-electron chi connectivity index (χ3n) is 2.18. The van der Waals surface area contributed by atoms with E-state index in [2.05, 4.69) is 24.3 Å². The first-order chi connectivity index (χ1) is 6.69. The van der Waals surface area contributed by atoms with Crippen LogP contribution in [0.2, 0.25) is 0 Å². The monoisotopic (exact) mass is 195 g/mol. The van der Waals surface area contributed by atoms with Gasteiger partial charge in [-0.25, -0.2) is 0 Å². The smallest absolute Gasteiger partial charge is 0.137 e. The van der Waals surface area contributed by atoms with Crippen LogP contribution in [0.25, 0.3) is 0 Å². The fourth-order valence-corrected chi connectivity index (χ4v) is 1.39. The van der Waals surface area contributed by atoms with Crippen LogP contribution in [0.5, 0.6) is 5.75 Å². The number of methoxy groups -OCH3 is 1. The Balaban J connectivity index is 2.92. The summed E-state index contributed by atoms with van der Waals surface area (Å²) in [7, 11) is 1.63. The van der Waals surface area contributed by atoms with Gasteiger partial charge in [0.05, 0.1) is 13.3 Å². The molecule has 0 aromatic carbocycles. The number of hydrogen-bond donors (Lipinski definition) is 2. The lowest BCUT2D eigenvalue weighted by Crippen LogP contribution is -2.31. The van der Waals surface area contributed by atoms with Crippen molar-refractivity contribution in [3.05, 3.63) is 24.0 Å². The number of aromatic nitrogens is 1. The van der Waals surface area contributed by atoms with E-state index in [1.165, 1.54) is 0 Å². The molecule has 1 aromatic heterocycles. The second kappa shape index (κ2) is 4.93. The molecule has 0 radical (unpaired) electrons. The summed E-state index contributed by atoms with van der Waals surface area (Å²) in [5, 5.41) is 0. The van der Waals surface area contributed by atoms with Gasteiger partial charge in [0.2, 0.25) is 0 Å². The molecule has 0 fully saturated rings. The summed E-state index contributed by atoms with van der Waals surface area (Å²) in [6.07, 6.45) is 3.48. The number of pyridine rings is 1. The third-order valence-corrected chi connectivity index (χ3v) is 2.18. The normalized spacial score (nSPS) is 12.9. The summed E-state index contributed by atoms with van der Waals surface area (Å²) in [5.41, 5.74) is 3.82. The first kappa shape index (κ1) is 10.9. The van der Waals surface area contributed by atoms with Crippen molar-refractivity contribution in [2.75, 3.05) is 7.11 Å². The molecule has 1 aromatic rings. The molecule has 1 unspecified atom stereocenters. The molecule has 78 valence electrons. The van der Waals surface area contributed by atoms with E-state index in [4.69, 9.17) is 10.6 Å². The number of nitrogens with one attached hydrogen (secondary N) is 1. The summed E-state index contributed by atoms with van der Waals surface area (Å²) in [6.45, 7) is 4.20. The highest BCUT2D eigenvalue weighted by Crippen LogP contribution is 2.22. The topological polar surface area (TPSA) is 60.2 Å². The highest BCUT2D eigenvalue weighted by Gasteiger charge is 2.14. The molecule has 0 amide bonds. The largest absolute Gasteiger partial charge is 0.495 e. The molecule has 1 atom stereocenters. The lowest BCUT2D eigenvalue weighted by molar-refractivity contribution is 0.400. The van der Waals surface area contributed by atoms with Gasteiger partial charge in [0, 0.05) is 12.2 Å². The van der Waals surface area contributed by atoms with Crippen LogP contribution in [0.15, 0.2) is 18.5 Å². The molecule has 0 saturated carbocycles. The number of hydrogen-bond acceptors (Lipinski definition) is 4. The van der Waals surface area contributed by atoms with Crippen molar-refractivity contribution in [2.45, 2.75) is 19.9 Å². The van der Waals surface area contributed by atoms with Crippen LogP contribution < -0.4 is 16.0 Å². The fourth-order valence-electron chi connectivity index (χ4n) is 1.39. The highest BCUT2D eigenvalue weighted by atomic mass is 16.5. The Bertz CT molecular complexity index is 288. The highest BCUT2D eigenvalue weighted by molar-refractivity contribution is 5.26. The lowest BCUT2D eigenvalue weighted by Gasteiger charge is -2.20. The Labute approximate surface area is 84.4 Å². The molecular formula is C10H17N3O. The molecule has 4 heteroatoms. The van der Waals surface area contributed by atoms with Crippen molar-refractivity contribution in [2.24, 2.45) is 11.8 Å². The van der Waals surface area contributed by atoms with E-state index < -0.39 is 0 Å². The van der Waals surface area contributed by atoms with Crippen molar-refractivity contribution in [1.29, 1.82) is 0 Å². The van der Waals surface area contributed by atoms with E-state index in [0.717, 1.165) is 11.3 Å². The summed E-state index contributed by atoms with van der Waals surface area (Å²) in [5.74, 6) is 6.64. The SMILES string of the molecule is COc1cncc(C(NN)C(C)C)c1.